The summed E-state index contributed by atoms with van der Waals surface area (Å²) in [5.74, 6) is -0.967. The first-order valence-corrected chi connectivity index (χ1v) is 5.97. The summed E-state index contributed by atoms with van der Waals surface area (Å²) >= 11 is 3.17. The fourth-order valence-electron chi connectivity index (χ4n) is 1.18. The van der Waals surface area contributed by atoms with Crippen molar-refractivity contribution < 1.29 is 19.4 Å². The number of carboxylic acid groups (broad SMARTS) is 1. The molecule has 0 aliphatic rings. The lowest BCUT2D eigenvalue weighted by atomic mass is 10.3. The minimum Gasteiger partial charge on any atom is -0.477 e. The average Bonchev–Trinajstić information content (AvgIpc) is 2.28. The topological polar surface area (TPSA) is 68.7 Å². The van der Waals surface area contributed by atoms with Gasteiger partial charge in [0.15, 0.2) is 0 Å². The number of pyridine rings is 1. The molecule has 17 heavy (non-hydrogen) atoms. The molecule has 1 unspecified atom stereocenters. The van der Waals surface area contributed by atoms with Gasteiger partial charge in [-0.05, 0) is 35.8 Å². The normalized spacial score (nSPS) is 12.2. The predicted molar refractivity (Wildman–Crippen MR) is 65.5 cm³/mol. The van der Waals surface area contributed by atoms with Gasteiger partial charge in [-0.2, -0.15) is 0 Å². The van der Waals surface area contributed by atoms with Crippen LogP contribution in [-0.4, -0.2) is 35.4 Å². The Kier molecular flexibility index (Phi) is 5.37. The van der Waals surface area contributed by atoms with Gasteiger partial charge in [0.2, 0.25) is 5.88 Å². The van der Waals surface area contributed by atoms with Gasteiger partial charge in [-0.25, -0.2) is 9.78 Å². The molecule has 1 heterocycles. The largest absolute Gasteiger partial charge is 0.477 e. The zero-order chi connectivity index (χ0) is 12.8. The van der Waals surface area contributed by atoms with E-state index in [0.29, 0.717) is 17.7 Å². The van der Waals surface area contributed by atoms with Gasteiger partial charge in [-0.3, -0.25) is 0 Å². The monoisotopic (exact) mass is 303 g/mol. The van der Waals surface area contributed by atoms with Crippen molar-refractivity contribution in [3.8, 4) is 5.88 Å². The van der Waals surface area contributed by atoms with E-state index in [4.69, 9.17) is 14.6 Å². The van der Waals surface area contributed by atoms with Gasteiger partial charge in [0, 0.05) is 17.3 Å². The number of carbonyl (C=O) groups is 1. The van der Waals surface area contributed by atoms with E-state index in [9.17, 15) is 4.79 Å². The van der Waals surface area contributed by atoms with Crippen molar-refractivity contribution in [3.63, 3.8) is 0 Å². The van der Waals surface area contributed by atoms with Gasteiger partial charge < -0.3 is 14.6 Å². The second-order valence-electron chi connectivity index (χ2n) is 3.40. The van der Waals surface area contributed by atoms with Gasteiger partial charge in [0.05, 0.1) is 6.61 Å². The quantitative estimate of drug-likeness (QED) is 0.873. The lowest BCUT2D eigenvalue weighted by Gasteiger charge is -2.15. The molecule has 0 aliphatic heterocycles. The Bertz CT molecular complexity index is 397. The fraction of sp³-hybridized carbons (Fsp3) is 0.455. The maximum atomic E-state index is 11.0. The molecule has 1 atom stereocenters. The zero-order valence-electron chi connectivity index (χ0n) is 9.64. The molecule has 5 nitrogen and oxygen atoms in total. The van der Waals surface area contributed by atoms with Crippen molar-refractivity contribution in [2.24, 2.45) is 0 Å². The van der Waals surface area contributed by atoms with Crippen molar-refractivity contribution >= 4 is 21.9 Å². The van der Waals surface area contributed by atoms with E-state index >= 15 is 0 Å². The number of rotatable bonds is 6. The number of ether oxygens (including phenoxy) is 2. The second-order valence-corrected chi connectivity index (χ2v) is 4.32. The summed E-state index contributed by atoms with van der Waals surface area (Å²) in [4.78, 5) is 14.9. The highest BCUT2D eigenvalue weighted by Crippen LogP contribution is 2.21. The number of halogens is 1. The molecule has 1 aromatic heterocycles. The second kappa shape index (κ2) is 6.56. The highest BCUT2D eigenvalue weighted by atomic mass is 79.9. The molecule has 1 N–H and O–H groups in total. The molecule has 0 fully saturated rings. The third-order valence-corrected chi connectivity index (χ3v) is 2.35. The van der Waals surface area contributed by atoms with Crippen molar-refractivity contribution in [3.05, 3.63) is 22.3 Å². The van der Waals surface area contributed by atoms with E-state index < -0.39 is 5.97 Å². The van der Waals surface area contributed by atoms with E-state index in [-0.39, 0.29) is 17.5 Å². The molecule has 0 saturated heterocycles. The number of nitrogens with zero attached hydrogens (tertiary/aromatic N) is 1. The first-order chi connectivity index (χ1) is 8.04. The summed E-state index contributed by atoms with van der Waals surface area (Å²) in [5, 5.41) is 9.01. The van der Waals surface area contributed by atoms with E-state index in [1.54, 1.807) is 6.92 Å². The lowest BCUT2D eigenvalue weighted by molar-refractivity contribution is 0.0587. The fourth-order valence-corrected chi connectivity index (χ4v) is 1.51. The molecule has 0 aromatic carbocycles. The van der Waals surface area contributed by atoms with Crippen LogP contribution in [0.15, 0.2) is 16.7 Å². The minimum absolute atomic E-state index is 0.0303. The van der Waals surface area contributed by atoms with Crippen LogP contribution in [0.25, 0.3) is 0 Å². The molecule has 0 saturated carbocycles. The molecular formula is C11H14BrNO4. The summed E-state index contributed by atoms with van der Waals surface area (Å²) in [5.41, 5.74) is 0.0303. The van der Waals surface area contributed by atoms with E-state index in [0.717, 1.165) is 0 Å². The van der Waals surface area contributed by atoms with Crippen molar-refractivity contribution in [1.82, 2.24) is 4.98 Å². The summed E-state index contributed by atoms with van der Waals surface area (Å²) in [7, 11) is 0. The molecule has 0 spiro atoms. The number of hydrogen-bond donors (Lipinski definition) is 1. The third kappa shape index (κ3) is 4.32. The number of carboxylic acids is 1. The number of hydrogen-bond acceptors (Lipinski definition) is 4. The third-order valence-electron chi connectivity index (χ3n) is 1.92. The van der Waals surface area contributed by atoms with E-state index in [2.05, 4.69) is 20.9 Å². The highest BCUT2D eigenvalue weighted by Gasteiger charge is 2.16. The SMILES string of the molecule is CCOCC(C)Oc1ncc(Br)cc1C(=O)O. The molecule has 0 radical (unpaired) electrons. The molecule has 0 bridgehead atoms. The Labute approximate surface area is 108 Å². The van der Waals surface area contributed by atoms with Crippen LogP contribution in [0.1, 0.15) is 24.2 Å². The average molecular weight is 304 g/mol. The predicted octanol–water partition coefficient (Wildman–Crippen LogP) is 2.35. The minimum atomic E-state index is -1.07. The van der Waals surface area contributed by atoms with Crippen LogP contribution in [0.4, 0.5) is 0 Å². The van der Waals surface area contributed by atoms with Crippen molar-refractivity contribution in [1.29, 1.82) is 0 Å². The van der Waals surface area contributed by atoms with E-state index in [1.807, 2.05) is 6.92 Å². The molecule has 0 aliphatic carbocycles. The maximum Gasteiger partial charge on any atom is 0.341 e. The number of aromatic carboxylic acids is 1. The first-order valence-electron chi connectivity index (χ1n) is 5.17. The standard InChI is InChI=1S/C11H14BrNO4/c1-3-16-6-7(2)17-10-9(11(14)15)4-8(12)5-13-10/h4-5,7H,3,6H2,1-2H3,(H,14,15). The van der Waals surface area contributed by atoms with Crippen LogP contribution in [0.5, 0.6) is 5.88 Å². The molecule has 94 valence electrons. The van der Waals surface area contributed by atoms with Crippen molar-refractivity contribution in [2.75, 3.05) is 13.2 Å². The zero-order valence-corrected chi connectivity index (χ0v) is 11.2. The Morgan fingerprint density at radius 2 is 2.35 bits per heavy atom. The molecule has 0 amide bonds. The Morgan fingerprint density at radius 3 is 2.94 bits per heavy atom. The van der Waals surface area contributed by atoms with Crippen LogP contribution in [0.2, 0.25) is 0 Å². The molecular weight excluding hydrogens is 290 g/mol. The van der Waals surface area contributed by atoms with Crippen LogP contribution in [0, 0.1) is 0 Å². The van der Waals surface area contributed by atoms with Gasteiger partial charge in [0.25, 0.3) is 0 Å². The lowest BCUT2D eigenvalue weighted by Crippen LogP contribution is -2.21. The molecule has 1 rings (SSSR count). The van der Waals surface area contributed by atoms with E-state index in [1.165, 1.54) is 12.3 Å². The van der Waals surface area contributed by atoms with Crippen LogP contribution >= 0.6 is 15.9 Å². The number of aromatic nitrogens is 1. The molecule has 6 heteroatoms. The summed E-state index contributed by atoms with van der Waals surface area (Å²) in [6.07, 6.45) is 1.25. The summed E-state index contributed by atoms with van der Waals surface area (Å²) in [6.45, 7) is 4.67. The summed E-state index contributed by atoms with van der Waals surface area (Å²) < 4.78 is 11.2. The Balaban J connectivity index is 2.79. The van der Waals surface area contributed by atoms with Crippen LogP contribution in [-0.2, 0) is 4.74 Å². The molecule has 1 aromatic rings. The summed E-state index contributed by atoms with van der Waals surface area (Å²) in [6, 6.07) is 1.46. The van der Waals surface area contributed by atoms with Gasteiger partial charge in [-0.1, -0.05) is 0 Å². The Hall–Kier alpha value is -1.14. The highest BCUT2D eigenvalue weighted by molar-refractivity contribution is 9.10. The smallest absolute Gasteiger partial charge is 0.341 e. The maximum absolute atomic E-state index is 11.0. The van der Waals surface area contributed by atoms with Gasteiger partial charge in [0.1, 0.15) is 11.7 Å². The van der Waals surface area contributed by atoms with Gasteiger partial charge in [-0.15, -0.1) is 0 Å². The Morgan fingerprint density at radius 1 is 1.65 bits per heavy atom. The van der Waals surface area contributed by atoms with Gasteiger partial charge >= 0.3 is 5.97 Å². The van der Waals surface area contributed by atoms with Crippen molar-refractivity contribution in [2.45, 2.75) is 20.0 Å². The van der Waals surface area contributed by atoms with Crippen LogP contribution in [0.3, 0.4) is 0 Å². The van der Waals surface area contributed by atoms with Crippen LogP contribution < -0.4 is 4.74 Å². The first kappa shape index (κ1) is 13.9.